The zero-order valence-corrected chi connectivity index (χ0v) is 18.0. The molecule has 0 spiro atoms. The molecule has 0 amide bonds. The van der Waals surface area contributed by atoms with E-state index in [2.05, 4.69) is 31.7 Å². The maximum Gasteiger partial charge on any atom is 0.387 e. The minimum atomic E-state index is -2.90. The summed E-state index contributed by atoms with van der Waals surface area (Å²) in [5, 5.41) is 8.00. The van der Waals surface area contributed by atoms with Gasteiger partial charge < -0.3 is 9.47 Å². The van der Waals surface area contributed by atoms with Gasteiger partial charge in [-0.3, -0.25) is 5.01 Å². The Hall–Kier alpha value is -2.15. The molecule has 29 heavy (non-hydrogen) atoms. The van der Waals surface area contributed by atoms with Gasteiger partial charge in [-0.1, -0.05) is 53.0 Å². The molecule has 0 aromatic heterocycles. The predicted molar refractivity (Wildman–Crippen MR) is 114 cm³/mol. The smallest absolute Gasteiger partial charge is 0.387 e. The normalized spacial score (nSPS) is 13.3. The topological polar surface area (TPSA) is 34.1 Å². The molecule has 2 aromatic carbocycles. The number of rotatable bonds is 10. The van der Waals surface area contributed by atoms with Crippen LogP contribution in [0.15, 0.2) is 47.6 Å². The summed E-state index contributed by atoms with van der Waals surface area (Å²) in [4.78, 5) is 0. The van der Waals surface area contributed by atoms with Gasteiger partial charge in [0.15, 0.2) is 11.5 Å². The van der Waals surface area contributed by atoms with Gasteiger partial charge >= 0.3 is 6.61 Å². The second-order valence-corrected chi connectivity index (χ2v) is 7.63. The van der Waals surface area contributed by atoms with E-state index in [9.17, 15) is 8.78 Å². The Bertz CT molecular complexity index is 845. The number of fused-ring (bicyclic) bond motifs is 1. The van der Waals surface area contributed by atoms with Crippen molar-refractivity contribution in [1.29, 1.82) is 0 Å². The maximum atomic E-state index is 12.6. The first-order valence-electron chi connectivity index (χ1n) is 9.73. The number of hydrogen-bond acceptors (Lipinski definition) is 4. The number of unbranched alkanes of at least 4 members (excludes halogenated alkanes) is 3. The van der Waals surface area contributed by atoms with Gasteiger partial charge in [-0.05, 0) is 36.6 Å². The Balaban J connectivity index is 1.85. The molecule has 0 unspecified atom stereocenters. The molecule has 0 saturated heterocycles. The van der Waals surface area contributed by atoms with Crippen molar-refractivity contribution in [1.82, 2.24) is 5.01 Å². The van der Waals surface area contributed by atoms with Gasteiger partial charge in [-0.15, -0.1) is 0 Å². The summed E-state index contributed by atoms with van der Waals surface area (Å²) in [6.45, 7) is -1.26. The predicted octanol–water partition coefficient (Wildman–Crippen LogP) is 5.82. The average Bonchev–Trinajstić information content (AvgIpc) is 2.73. The fourth-order valence-electron chi connectivity index (χ4n) is 3.41. The summed E-state index contributed by atoms with van der Waals surface area (Å²) >= 11 is 3.47. The summed E-state index contributed by atoms with van der Waals surface area (Å²) in [5.41, 5.74) is 3.87. The van der Waals surface area contributed by atoms with E-state index in [0.717, 1.165) is 41.7 Å². The molecule has 7 heteroatoms. The fourth-order valence-corrected chi connectivity index (χ4v) is 3.81. The molecule has 0 N–H and O–H groups in total. The molecule has 3 rings (SSSR count). The van der Waals surface area contributed by atoms with E-state index in [1.165, 1.54) is 38.0 Å². The van der Waals surface area contributed by atoms with Gasteiger partial charge in [0.25, 0.3) is 0 Å². The Labute approximate surface area is 178 Å². The van der Waals surface area contributed by atoms with Gasteiger partial charge in [0.2, 0.25) is 0 Å². The molecule has 0 atom stereocenters. The first-order valence-corrected chi connectivity index (χ1v) is 10.9. The molecule has 0 fully saturated rings. The van der Waals surface area contributed by atoms with Crippen molar-refractivity contribution in [2.24, 2.45) is 5.10 Å². The van der Waals surface area contributed by atoms with Crippen molar-refractivity contribution >= 4 is 21.6 Å². The molecule has 0 bridgehead atoms. The Morgan fingerprint density at radius 1 is 1.07 bits per heavy atom. The van der Waals surface area contributed by atoms with Crippen LogP contribution in [0.25, 0.3) is 0 Å². The standard InChI is InChI=1S/C22H25BrF2N2O2/c1-28-20-14-16(10-11-19(20)29-22(24)25)21-18-9-5-4-8-17(18)15-27(26-21)13-7-3-2-6-12-23/h4-5,8-11,14,22H,2-3,6-7,12-13,15H2,1H3. The molecule has 1 heterocycles. The summed E-state index contributed by atoms with van der Waals surface area (Å²) in [6.07, 6.45) is 4.64. The zero-order chi connectivity index (χ0) is 20.6. The summed E-state index contributed by atoms with van der Waals surface area (Å²) in [5.74, 6) is 0.273. The molecule has 0 aliphatic carbocycles. The molecule has 2 aromatic rings. The van der Waals surface area contributed by atoms with Crippen LogP contribution in [-0.4, -0.2) is 36.3 Å². The first kappa shape index (κ1) is 21.6. The Kier molecular flexibility index (Phi) is 7.86. The van der Waals surface area contributed by atoms with Crippen LogP contribution in [0.3, 0.4) is 0 Å². The minimum absolute atomic E-state index is 0.0135. The van der Waals surface area contributed by atoms with Crippen molar-refractivity contribution in [3.63, 3.8) is 0 Å². The van der Waals surface area contributed by atoms with Crippen molar-refractivity contribution < 1.29 is 18.3 Å². The third-order valence-corrected chi connectivity index (χ3v) is 5.38. The first-order chi connectivity index (χ1) is 14.1. The van der Waals surface area contributed by atoms with Gasteiger partial charge in [-0.2, -0.15) is 13.9 Å². The third kappa shape index (κ3) is 5.69. The Morgan fingerprint density at radius 2 is 1.86 bits per heavy atom. The van der Waals surface area contributed by atoms with E-state index >= 15 is 0 Å². The number of methoxy groups -OCH3 is 1. The summed E-state index contributed by atoms with van der Waals surface area (Å²) in [6, 6.07) is 13.1. The fraction of sp³-hybridized carbons (Fsp3) is 0.409. The van der Waals surface area contributed by atoms with Gasteiger partial charge in [0.1, 0.15) is 0 Å². The van der Waals surface area contributed by atoms with Crippen molar-refractivity contribution in [3.05, 3.63) is 59.2 Å². The highest BCUT2D eigenvalue weighted by atomic mass is 79.9. The number of ether oxygens (including phenoxy) is 2. The maximum absolute atomic E-state index is 12.6. The van der Waals surface area contributed by atoms with E-state index in [1.54, 1.807) is 12.1 Å². The number of hydrogen-bond donors (Lipinski definition) is 0. The molecular formula is C22H25BrF2N2O2. The second kappa shape index (κ2) is 10.6. The SMILES string of the molecule is COc1cc(C2=NN(CCCCCCBr)Cc3ccccc32)ccc1OC(F)F. The molecule has 0 radical (unpaired) electrons. The highest BCUT2D eigenvalue weighted by molar-refractivity contribution is 9.09. The lowest BCUT2D eigenvalue weighted by atomic mass is 9.96. The number of alkyl halides is 3. The van der Waals surface area contributed by atoms with Crippen molar-refractivity contribution in [3.8, 4) is 11.5 Å². The number of halogens is 3. The quantitative estimate of drug-likeness (QED) is 0.326. The molecule has 156 valence electrons. The lowest BCUT2D eigenvalue weighted by Gasteiger charge is -2.28. The number of benzene rings is 2. The second-order valence-electron chi connectivity index (χ2n) is 6.84. The van der Waals surface area contributed by atoms with E-state index in [1.807, 2.05) is 18.2 Å². The highest BCUT2D eigenvalue weighted by Gasteiger charge is 2.21. The van der Waals surface area contributed by atoms with Crippen LogP contribution in [0.1, 0.15) is 42.4 Å². The van der Waals surface area contributed by atoms with Gasteiger partial charge in [0.05, 0.1) is 19.4 Å². The van der Waals surface area contributed by atoms with Crippen LogP contribution in [-0.2, 0) is 6.54 Å². The molecular weight excluding hydrogens is 442 g/mol. The lowest BCUT2D eigenvalue weighted by molar-refractivity contribution is -0.0512. The lowest BCUT2D eigenvalue weighted by Crippen LogP contribution is -2.27. The minimum Gasteiger partial charge on any atom is -0.493 e. The van der Waals surface area contributed by atoms with E-state index in [0.29, 0.717) is 0 Å². The third-order valence-electron chi connectivity index (χ3n) is 4.82. The summed E-state index contributed by atoms with van der Waals surface area (Å²) in [7, 11) is 1.44. The van der Waals surface area contributed by atoms with E-state index < -0.39 is 6.61 Å². The zero-order valence-electron chi connectivity index (χ0n) is 16.4. The van der Waals surface area contributed by atoms with Gasteiger partial charge in [0, 0.05) is 23.0 Å². The van der Waals surface area contributed by atoms with Crippen LogP contribution in [0, 0.1) is 0 Å². The van der Waals surface area contributed by atoms with Crippen LogP contribution >= 0.6 is 15.9 Å². The number of nitrogens with zero attached hydrogens (tertiary/aromatic N) is 2. The van der Waals surface area contributed by atoms with Crippen molar-refractivity contribution in [2.75, 3.05) is 19.0 Å². The van der Waals surface area contributed by atoms with Gasteiger partial charge in [-0.25, -0.2) is 0 Å². The number of hydrazone groups is 1. The molecule has 4 nitrogen and oxygen atoms in total. The van der Waals surface area contributed by atoms with Crippen LogP contribution in [0.5, 0.6) is 11.5 Å². The van der Waals surface area contributed by atoms with Crippen molar-refractivity contribution in [2.45, 2.75) is 38.8 Å². The molecule has 1 aliphatic rings. The summed E-state index contributed by atoms with van der Waals surface area (Å²) < 4.78 is 35.1. The Morgan fingerprint density at radius 3 is 2.62 bits per heavy atom. The molecule has 1 aliphatic heterocycles. The van der Waals surface area contributed by atoms with E-state index in [-0.39, 0.29) is 11.5 Å². The molecule has 0 saturated carbocycles. The van der Waals surface area contributed by atoms with E-state index in [4.69, 9.17) is 9.84 Å². The van der Waals surface area contributed by atoms with Crippen LogP contribution in [0.2, 0.25) is 0 Å². The van der Waals surface area contributed by atoms with Crippen LogP contribution in [0.4, 0.5) is 8.78 Å². The average molecular weight is 467 g/mol. The largest absolute Gasteiger partial charge is 0.493 e. The van der Waals surface area contributed by atoms with Crippen LogP contribution < -0.4 is 9.47 Å². The monoisotopic (exact) mass is 466 g/mol. The highest BCUT2D eigenvalue weighted by Crippen LogP contribution is 2.32.